The van der Waals surface area contributed by atoms with Gasteiger partial charge in [0.2, 0.25) is 11.8 Å². The summed E-state index contributed by atoms with van der Waals surface area (Å²) in [4.78, 5) is 25.8. The molecule has 0 aromatic heterocycles. The molecular formula is C18H29N3O2. The van der Waals surface area contributed by atoms with Crippen LogP contribution in [0.2, 0.25) is 0 Å². The minimum absolute atomic E-state index is 0.0405. The highest BCUT2D eigenvalue weighted by molar-refractivity contribution is 5.91. The molecule has 2 amide bonds. The molecule has 1 rings (SSSR count). The third-order valence-electron chi connectivity index (χ3n) is 3.77. The van der Waals surface area contributed by atoms with Gasteiger partial charge in [-0.05, 0) is 38.4 Å². The maximum Gasteiger partial charge on any atom is 0.224 e. The Hall–Kier alpha value is -1.88. The summed E-state index contributed by atoms with van der Waals surface area (Å²) < 4.78 is 0. The third-order valence-corrected chi connectivity index (χ3v) is 3.77. The molecule has 0 heterocycles. The van der Waals surface area contributed by atoms with E-state index in [0.717, 1.165) is 37.4 Å². The minimum Gasteiger partial charge on any atom is -0.343 e. The molecule has 23 heavy (non-hydrogen) atoms. The molecule has 1 aromatic carbocycles. The molecule has 0 fully saturated rings. The van der Waals surface area contributed by atoms with Gasteiger partial charge in [-0.2, -0.15) is 0 Å². The first-order valence-corrected chi connectivity index (χ1v) is 8.48. The maximum absolute atomic E-state index is 12.1. The van der Waals surface area contributed by atoms with Crippen LogP contribution in [0.1, 0.15) is 45.6 Å². The number of carbonyl (C=O) groups is 2. The van der Waals surface area contributed by atoms with Crippen LogP contribution in [0, 0.1) is 0 Å². The number of anilines is 1. The summed E-state index contributed by atoms with van der Waals surface area (Å²) in [6.45, 7) is 9.04. The van der Waals surface area contributed by atoms with Gasteiger partial charge >= 0.3 is 0 Å². The van der Waals surface area contributed by atoms with Gasteiger partial charge in [0.05, 0.1) is 0 Å². The number of nitrogens with zero attached hydrogens (tertiary/aromatic N) is 1. The standard InChI is InChI=1S/C18H29N3O2/c1-4-19-14-15-10-7-8-11-16(15)20-17(22)12-9-13-18(23)21(5-2)6-3/h7-8,10-11,19H,4-6,9,12-14H2,1-3H3,(H,20,22). The van der Waals surface area contributed by atoms with Gasteiger partial charge in [-0.25, -0.2) is 0 Å². The van der Waals surface area contributed by atoms with Crippen molar-refractivity contribution in [2.45, 2.75) is 46.6 Å². The van der Waals surface area contributed by atoms with E-state index in [0.29, 0.717) is 19.3 Å². The Balaban J connectivity index is 2.44. The van der Waals surface area contributed by atoms with Crippen LogP contribution in [-0.2, 0) is 16.1 Å². The Morgan fingerprint density at radius 2 is 1.74 bits per heavy atom. The summed E-state index contributed by atoms with van der Waals surface area (Å²) in [6.07, 6.45) is 1.37. The summed E-state index contributed by atoms with van der Waals surface area (Å²) in [7, 11) is 0. The molecule has 5 heteroatoms. The smallest absolute Gasteiger partial charge is 0.224 e. The van der Waals surface area contributed by atoms with E-state index < -0.39 is 0 Å². The topological polar surface area (TPSA) is 61.4 Å². The molecule has 1 aromatic rings. The zero-order valence-electron chi connectivity index (χ0n) is 14.5. The van der Waals surface area contributed by atoms with Gasteiger partial charge in [-0.15, -0.1) is 0 Å². The summed E-state index contributed by atoms with van der Waals surface area (Å²) >= 11 is 0. The minimum atomic E-state index is -0.0405. The summed E-state index contributed by atoms with van der Waals surface area (Å²) in [6, 6.07) is 7.79. The number of para-hydroxylation sites is 1. The lowest BCUT2D eigenvalue weighted by atomic mass is 10.1. The second-order valence-electron chi connectivity index (χ2n) is 5.41. The molecule has 0 atom stereocenters. The lowest BCUT2D eigenvalue weighted by Crippen LogP contribution is -2.30. The fraction of sp³-hybridized carbons (Fsp3) is 0.556. The molecule has 0 spiro atoms. The van der Waals surface area contributed by atoms with Gasteiger partial charge in [0, 0.05) is 38.2 Å². The predicted octanol–water partition coefficient (Wildman–Crippen LogP) is 2.77. The normalized spacial score (nSPS) is 10.4. The highest BCUT2D eigenvalue weighted by atomic mass is 16.2. The predicted molar refractivity (Wildman–Crippen MR) is 94.2 cm³/mol. The molecule has 0 aliphatic heterocycles. The van der Waals surface area contributed by atoms with E-state index in [4.69, 9.17) is 0 Å². The van der Waals surface area contributed by atoms with Crippen molar-refractivity contribution in [2.75, 3.05) is 25.0 Å². The number of benzene rings is 1. The van der Waals surface area contributed by atoms with E-state index in [1.165, 1.54) is 0 Å². The van der Waals surface area contributed by atoms with Gasteiger partial charge in [0.1, 0.15) is 0 Å². The van der Waals surface area contributed by atoms with Gasteiger partial charge < -0.3 is 15.5 Å². The molecule has 0 aliphatic rings. The summed E-state index contributed by atoms with van der Waals surface area (Å²) in [5.74, 6) is 0.0802. The third kappa shape index (κ3) is 6.82. The molecule has 0 radical (unpaired) electrons. The quantitative estimate of drug-likeness (QED) is 0.697. The molecule has 5 nitrogen and oxygen atoms in total. The van der Waals surface area contributed by atoms with Crippen molar-refractivity contribution in [3.8, 4) is 0 Å². The van der Waals surface area contributed by atoms with Gasteiger partial charge in [-0.1, -0.05) is 25.1 Å². The lowest BCUT2D eigenvalue weighted by Gasteiger charge is -2.18. The fourth-order valence-electron chi connectivity index (χ4n) is 2.40. The molecule has 0 unspecified atom stereocenters. The van der Waals surface area contributed by atoms with Crippen molar-refractivity contribution >= 4 is 17.5 Å². The number of nitrogens with one attached hydrogen (secondary N) is 2. The van der Waals surface area contributed by atoms with Crippen molar-refractivity contribution in [3.05, 3.63) is 29.8 Å². The number of hydrogen-bond donors (Lipinski definition) is 2. The van der Waals surface area contributed by atoms with Gasteiger partial charge in [0.15, 0.2) is 0 Å². The van der Waals surface area contributed by atoms with E-state index in [1.54, 1.807) is 4.90 Å². The Bertz CT molecular complexity index is 499. The Labute approximate surface area is 139 Å². The average molecular weight is 319 g/mol. The Kier molecular flexibility index (Phi) is 8.98. The molecule has 2 N–H and O–H groups in total. The van der Waals surface area contributed by atoms with E-state index in [-0.39, 0.29) is 11.8 Å². The van der Waals surface area contributed by atoms with Crippen LogP contribution < -0.4 is 10.6 Å². The van der Waals surface area contributed by atoms with E-state index in [9.17, 15) is 9.59 Å². The zero-order chi connectivity index (χ0) is 17.1. The number of hydrogen-bond acceptors (Lipinski definition) is 3. The van der Waals surface area contributed by atoms with Crippen molar-refractivity contribution in [2.24, 2.45) is 0 Å². The van der Waals surface area contributed by atoms with Crippen LogP contribution in [0.4, 0.5) is 5.69 Å². The number of amides is 2. The molecule has 128 valence electrons. The highest BCUT2D eigenvalue weighted by Gasteiger charge is 2.11. The Morgan fingerprint density at radius 3 is 2.39 bits per heavy atom. The largest absolute Gasteiger partial charge is 0.343 e. The first-order chi connectivity index (χ1) is 11.1. The number of carbonyl (C=O) groups excluding carboxylic acids is 2. The van der Waals surface area contributed by atoms with Crippen LogP contribution in [0.15, 0.2) is 24.3 Å². The van der Waals surface area contributed by atoms with Gasteiger partial charge in [0.25, 0.3) is 0 Å². The van der Waals surface area contributed by atoms with E-state index >= 15 is 0 Å². The molecule has 0 saturated carbocycles. The second kappa shape index (κ2) is 10.8. The summed E-state index contributed by atoms with van der Waals surface area (Å²) in [5, 5.41) is 6.21. The fourth-order valence-corrected chi connectivity index (χ4v) is 2.40. The van der Waals surface area contributed by atoms with Crippen molar-refractivity contribution < 1.29 is 9.59 Å². The Morgan fingerprint density at radius 1 is 1.04 bits per heavy atom. The number of rotatable bonds is 10. The van der Waals surface area contributed by atoms with Crippen molar-refractivity contribution in [1.82, 2.24) is 10.2 Å². The van der Waals surface area contributed by atoms with Crippen LogP contribution >= 0.6 is 0 Å². The van der Waals surface area contributed by atoms with Crippen molar-refractivity contribution in [3.63, 3.8) is 0 Å². The van der Waals surface area contributed by atoms with Crippen LogP contribution in [0.5, 0.6) is 0 Å². The van der Waals surface area contributed by atoms with E-state index in [1.807, 2.05) is 45.0 Å². The molecular weight excluding hydrogens is 290 g/mol. The SMILES string of the molecule is CCNCc1ccccc1NC(=O)CCCC(=O)N(CC)CC. The van der Waals surface area contributed by atoms with Crippen LogP contribution in [-0.4, -0.2) is 36.3 Å². The lowest BCUT2D eigenvalue weighted by molar-refractivity contribution is -0.130. The molecule has 0 bridgehead atoms. The highest BCUT2D eigenvalue weighted by Crippen LogP contribution is 2.15. The monoisotopic (exact) mass is 319 g/mol. The average Bonchev–Trinajstić information content (AvgIpc) is 2.55. The van der Waals surface area contributed by atoms with Crippen LogP contribution in [0.3, 0.4) is 0 Å². The second-order valence-corrected chi connectivity index (χ2v) is 5.41. The first-order valence-electron chi connectivity index (χ1n) is 8.48. The van der Waals surface area contributed by atoms with Crippen LogP contribution in [0.25, 0.3) is 0 Å². The van der Waals surface area contributed by atoms with Crippen molar-refractivity contribution in [1.29, 1.82) is 0 Å². The molecule has 0 saturated heterocycles. The zero-order valence-corrected chi connectivity index (χ0v) is 14.5. The first kappa shape index (κ1) is 19.2. The van der Waals surface area contributed by atoms with Gasteiger partial charge in [-0.3, -0.25) is 9.59 Å². The summed E-state index contributed by atoms with van der Waals surface area (Å²) in [5.41, 5.74) is 1.91. The van der Waals surface area contributed by atoms with E-state index in [2.05, 4.69) is 10.6 Å². The maximum atomic E-state index is 12.1. The molecule has 0 aliphatic carbocycles.